The molecule has 0 amide bonds. The first-order chi connectivity index (χ1) is 10.9. The zero-order valence-corrected chi connectivity index (χ0v) is 14.1. The number of hydrogen-bond acceptors (Lipinski definition) is 5. The Labute approximate surface area is 137 Å². The van der Waals surface area contributed by atoms with Crippen molar-refractivity contribution in [3.05, 3.63) is 28.4 Å². The van der Waals surface area contributed by atoms with Crippen LogP contribution in [0.15, 0.2) is 22.7 Å². The molecule has 1 heterocycles. The fourth-order valence-electron chi connectivity index (χ4n) is 2.45. The predicted molar refractivity (Wildman–Crippen MR) is 84.7 cm³/mol. The normalized spacial score (nSPS) is 17.2. The minimum absolute atomic E-state index is 0.0661. The number of hydrogen-bond donors (Lipinski definition) is 0. The Morgan fingerprint density at radius 3 is 2.74 bits per heavy atom. The van der Waals surface area contributed by atoms with Crippen LogP contribution in [0.2, 0.25) is 0 Å². The Balaban J connectivity index is 2.06. The third-order valence-corrected chi connectivity index (χ3v) is 6.79. The zero-order valence-electron chi connectivity index (χ0n) is 12.5. The quantitative estimate of drug-likeness (QED) is 0.336. The second-order valence-electron chi connectivity index (χ2n) is 5.41. The number of thiazole rings is 1. The van der Waals surface area contributed by atoms with Crippen molar-refractivity contribution in [2.45, 2.75) is 48.9 Å². The fourth-order valence-corrected chi connectivity index (χ4v) is 4.88. The van der Waals surface area contributed by atoms with Gasteiger partial charge in [-0.15, -0.1) is 0 Å². The molecule has 128 valence electrons. The van der Waals surface area contributed by atoms with Crippen LogP contribution in [0.5, 0.6) is 0 Å². The lowest BCUT2D eigenvalue weighted by Gasteiger charge is -2.20. The van der Waals surface area contributed by atoms with Gasteiger partial charge in [0.2, 0.25) is 14.2 Å². The molecular weight excluding hydrogens is 346 g/mol. The van der Waals surface area contributed by atoms with Crippen molar-refractivity contribution in [2.24, 2.45) is 0 Å². The summed E-state index contributed by atoms with van der Waals surface area (Å²) in [6.45, 7) is 0. The number of nitrogens with zero attached hydrogens (tertiary/aromatic N) is 2. The molecule has 0 radical (unpaired) electrons. The third-order valence-electron chi connectivity index (χ3n) is 3.64. The summed E-state index contributed by atoms with van der Waals surface area (Å²) < 4.78 is 48.6. The van der Waals surface area contributed by atoms with Gasteiger partial charge in [-0.05, 0) is 25.3 Å². The van der Waals surface area contributed by atoms with Gasteiger partial charge in [0.25, 0.3) is 6.08 Å². The van der Waals surface area contributed by atoms with Crippen LogP contribution in [0, 0.1) is 5.21 Å². The molecule has 0 spiro atoms. The number of halogens is 2. The summed E-state index contributed by atoms with van der Waals surface area (Å²) in [4.78, 5) is 4.26. The molecular formula is C14H18F2N2O3S2. The van der Waals surface area contributed by atoms with Crippen LogP contribution in [0.25, 0.3) is 0 Å². The van der Waals surface area contributed by atoms with Crippen molar-refractivity contribution in [3.63, 3.8) is 0 Å². The average Bonchev–Trinajstić information content (AvgIpc) is 2.97. The predicted octanol–water partition coefficient (Wildman–Crippen LogP) is 3.35. The summed E-state index contributed by atoms with van der Waals surface area (Å²) in [6, 6.07) is -0.0661. The molecule has 23 heavy (non-hydrogen) atoms. The molecule has 0 atom stereocenters. The van der Waals surface area contributed by atoms with Crippen LogP contribution in [0.3, 0.4) is 0 Å². The van der Waals surface area contributed by atoms with Gasteiger partial charge in [-0.2, -0.15) is 8.78 Å². The van der Waals surface area contributed by atoms with E-state index in [0.717, 1.165) is 48.2 Å². The number of hydroxylamine groups is 1. The van der Waals surface area contributed by atoms with Crippen LogP contribution in [-0.2, 0) is 9.84 Å². The van der Waals surface area contributed by atoms with E-state index >= 15 is 0 Å². The maximum atomic E-state index is 12.1. The first-order valence-corrected chi connectivity index (χ1v) is 9.85. The zero-order chi connectivity index (χ0) is 16.9. The molecule has 1 aromatic heterocycles. The van der Waals surface area contributed by atoms with E-state index in [2.05, 4.69) is 4.98 Å². The lowest BCUT2D eigenvalue weighted by atomic mass is 9.96. The smallest absolute Gasteiger partial charge is 0.266 e. The third kappa shape index (κ3) is 5.35. The lowest BCUT2D eigenvalue weighted by molar-refractivity contribution is -0.500. The Kier molecular flexibility index (Phi) is 6.23. The molecule has 2 rings (SSSR count). The largest absolute Gasteiger partial charge is 0.624 e. The number of aromatic nitrogens is 1. The van der Waals surface area contributed by atoms with E-state index in [9.17, 15) is 22.4 Å². The van der Waals surface area contributed by atoms with E-state index in [-0.39, 0.29) is 16.8 Å². The molecule has 1 aliphatic rings. The maximum Gasteiger partial charge on any atom is 0.266 e. The average molecular weight is 364 g/mol. The molecule has 1 fully saturated rings. The maximum absolute atomic E-state index is 12.1. The highest BCUT2D eigenvalue weighted by molar-refractivity contribution is 7.93. The van der Waals surface area contributed by atoms with Gasteiger partial charge >= 0.3 is 0 Å². The van der Waals surface area contributed by atoms with Gasteiger partial charge in [0, 0.05) is 12.8 Å². The minimum atomic E-state index is -3.71. The van der Waals surface area contributed by atoms with Gasteiger partial charge in [0.15, 0.2) is 12.3 Å². The standard InChI is InChI=1S/C14H18F2N2O3S2/c15-13(16)7-4-8-23(20,21)14-17-9-12(22-14)10-18(19)11-5-2-1-3-6-11/h7,9-11H,1-6,8H2/b18-10-. The van der Waals surface area contributed by atoms with Crippen molar-refractivity contribution in [2.75, 3.05) is 5.75 Å². The van der Waals surface area contributed by atoms with Crippen LogP contribution >= 0.6 is 11.3 Å². The van der Waals surface area contributed by atoms with E-state index in [4.69, 9.17) is 0 Å². The minimum Gasteiger partial charge on any atom is -0.624 e. The van der Waals surface area contributed by atoms with Crippen molar-refractivity contribution in [1.82, 2.24) is 4.98 Å². The van der Waals surface area contributed by atoms with Crippen molar-refractivity contribution in [1.29, 1.82) is 0 Å². The van der Waals surface area contributed by atoms with Crippen molar-refractivity contribution < 1.29 is 21.9 Å². The molecule has 0 bridgehead atoms. The number of rotatable bonds is 6. The molecule has 0 N–H and O–H groups in total. The fraction of sp³-hybridized carbons (Fsp3) is 0.571. The van der Waals surface area contributed by atoms with Crippen LogP contribution in [0.4, 0.5) is 8.78 Å². The molecule has 0 saturated heterocycles. The van der Waals surface area contributed by atoms with Gasteiger partial charge in [0.1, 0.15) is 4.88 Å². The first-order valence-electron chi connectivity index (χ1n) is 7.38. The molecule has 9 heteroatoms. The van der Waals surface area contributed by atoms with E-state index < -0.39 is 21.7 Å². The van der Waals surface area contributed by atoms with Crippen molar-refractivity contribution >= 4 is 27.4 Å². The molecule has 5 nitrogen and oxygen atoms in total. The lowest BCUT2D eigenvalue weighted by Crippen LogP contribution is -2.25. The van der Waals surface area contributed by atoms with Crippen LogP contribution < -0.4 is 0 Å². The summed E-state index contributed by atoms with van der Waals surface area (Å²) in [5.74, 6) is -0.430. The van der Waals surface area contributed by atoms with Gasteiger partial charge in [-0.1, -0.05) is 17.8 Å². The highest BCUT2D eigenvalue weighted by atomic mass is 32.2. The first kappa shape index (κ1) is 18.0. The number of allylic oxidation sites excluding steroid dienone is 1. The van der Waals surface area contributed by atoms with Gasteiger partial charge in [-0.3, -0.25) is 0 Å². The van der Waals surface area contributed by atoms with E-state index in [1.165, 1.54) is 12.4 Å². The molecule has 0 aliphatic heterocycles. The Morgan fingerprint density at radius 2 is 2.09 bits per heavy atom. The summed E-state index contributed by atoms with van der Waals surface area (Å²) in [5, 5.41) is 12.1. The SMILES string of the molecule is O=S(=O)(CCC=C(F)F)c1ncc(/C=[N+](\[O-])C2CCCCC2)s1. The van der Waals surface area contributed by atoms with Gasteiger partial charge in [0.05, 0.1) is 11.9 Å². The van der Waals surface area contributed by atoms with E-state index in [0.29, 0.717) is 11.0 Å². The highest BCUT2D eigenvalue weighted by Crippen LogP contribution is 2.22. The molecule has 1 aliphatic carbocycles. The van der Waals surface area contributed by atoms with Crippen molar-refractivity contribution in [3.8, 4) is 0 Å². The van der Waals surface area contributed by atoms with E-state index in [1.54, 1.807) is 0 Å². The van der Waals surface area contributed by atoms with Gasteiger partial charge < -0.3 is 5.21 Å². The summed E-state index contributed by atoms with van der Waals surface area (Å²) in [6.07, 6.45) is 5.97. The Morgan fingerprint density at radius 1 is 1.39 bits per heavy atom. The van der Waals surface area contributed by atoms with Crippen LogP contribution in [0.1, 0.15) is 43.4 Å². The second kappa shape index (κ2) is 7.96. The van der Waals surface area contributed by atoms with Gasteiger partial charge in [-0.25, -0.2) is 18.1 Å². The summed E-state index contributed by atoms with van der Waals surface area (Å²) in [7, 11) is -3.71. The van der Waals surface area contributed by atoms with E-state index in [1.807, 2.05) is 0 Å². The molecule has 0 unspecified atom stereocenters. The molecule has 1 aromatic rings. The van der Waals surface area contributed by atoms with Crippen LogP contribution in [-0.4, -0.2) is 36.1 Å². The highest BCUT2D eigenvalue weighted by Gasteiger charge is 2.22. The Hall–Kier alpha value is -1.35. The molecule has 0 aromatic carbocycles. The molecule has 1 saturated carbocycles. The Bertz CT molecular complexity index is 689. The topological polar surface area (TPSA) is 73.1 Å². The second-order valence-corrected chi connectivity index (χ2v) is 8.76. The number of sulfone groups is 1. The monoisotopic (exact) mass is 364 g/mol. The summed E-state index contributed by atoms with van der Waals surface area (Å²) >= 11 is 0.886. The summed E-state index contributed by atoms with van der Waals surface area (Å²) in [5.41, 5.74) is 0.